The van der Waals surface area contributed by atoms with Crippen LogP contribution in [-0.2, 0) is 20.9 Å². The monoisotopic (exact) mass is 641 g/mol. The molecule has 2 aliphatic heterocycles. The molecule has 2 amide bonds. The van der Waals surface area contributed by atoms with Crippen LogP contribution in [0.15, 0.2) is 60.8 Å². The lowest BCUT2D eigenvalue weighted by Gasteiger charge is -2.28. The SMILES string of the molecule is Cc1cc2ccc1[C@@H](C)COC(=O)Nc1ccc([C@@H](CC(C)C)C(=O)O)c(c1)CN(C)C(=O)[C@@H]2Nc1ccc2c(N)ncc(F)c2c1. The molecule has 3 heterocycles. The second-order valence-electron chi connectivity index (χ2n) is 12.7. The van der Waals surface area contributed by atoms with Crippen LogP contribution in [0.3, 0.4) is 0 Å². The first-order valence-electron chi connectivity index (χ1n) is 15.6. The van der Waals surface area contributed by atoms with Crippen molar-refractivity contribution >= 4 is 45.9 Å². The van der Waals surface area contributed by atoms with Crippen molar-refractivity contribution in [2.45, 2.75) is 58.5 Å². The van der Waals surface area contributed by atoms with Crippen molar-refractivity contribution in [3.63, 3.8) is 0 Å². The molecule has 10 nitrogen and oxygen atoms in total. The number of fused-ring (bicyclic) bond motifs is 10. The lowest BCUT2D eigenvalue weighted by molar-refractivity contribution is -0.139. The van der Waals surface area contributed by atoms with Crippen LogP contribution in [0.4, 0.5) is 26.4 Å². The number of carbonyl (C=O) groups excluding carboxylic acids is 2. The fourth-order valence-corrected chi connectivity index (χ4v) is 6.20. The molecule has 0 spiro atoms. The molecule has 246 valence electrons. The standard InChI is InChI=1S/C36H40FN5O5/c1-19(2)12-30(35(44)45)27-10-7-24-14-23(27)17-42(5)34(43)32(40-25-8-11-28-29(15-25)31(37)16-39-33(28)38)22-6-9-26(20(3)13-22)21(4)18-47-36(46)41-24/h6-11,13-16,19,21,30,32,40H,12,17-18H2,1-5H3,(H2,38,39)(H,41,46)(H,44,45)/t21-,30+,32+/m0/s1. The number of hydrogen-bond donors (Lipinski definition) is 4. The number of ether oxygens (including phenoxy) is 1. The number of nitrogen functional groups attached to an aromatic ring is 1. The van der Waals surface area contributed by atoms with Crippen LogP contribution in [0.25, 0.3) is 10.8 Å². The Morgan fingerprint density at radius 3 is 2.62 bits per heavy atom. The van der Waals surface area contributed by atoms with Crippen LogP contribution in [0.1, 0.15) is 72.9 Å². The molecule has 47 heavy (non-hydrogen) atoms. The van der Waals surface area contributed by atoms with Crippen molar-refractivity contribution in [3.8, 4) is 0 Å². The number of aromatic nitrogens is 1. The first-order valence-corrected chi connectivity index (χ1v) is 15.6. The maximum Gasteiger partial charge on any atom is 0.411 e. The normalized spacial score (nSPS) is 17.8. The molecule has 6 rings (SSSR count). The second kappa shape index (κ2) is 13.7. The van der Waals surface area contributed by atoms with E-state index in [1.165, 1.54) is 4.90 Å². The maximum atomic E-state index is 14.8. The predicted octanol–water partition coefficient (Wildman–Crippen LogP) is 6.96. The Labute approximate surface area is 273 Å². The van der Waals surface area contributed by atoms with Gasteiger partial charge in [-0.05, 0) is 77.4 Å². The van der Waals surface area contributed by atoms with E-state index >= 15 is 0 Å². The van der Waals surface area contributed by atoms with E-state index in [2.05, 4.69) is 15.6 Å². The van der Waals surface area contributed by atoms with E-state index in [0.717, 1.165) is 17.3 Å². The molecule has 0 unspecified atom stereocenters. The number of aryl methyl sites for hydroxylation is 1. The van der Waals surface area contributed by atoms with Gasteiger partial charge in [-0.3, -0.25) is 14.9 Å². The minimum Gasteiger partial charge on any atom is -0.481 e. The Morgan fingerprint density at radius 1 is 1.15 bits per heavy atom. The summed E-state index contributed by atoms with van der Waals surface area (Å²) in [5, 5.41) is 17.0. The molecule has 11 heteroatoms. The first kappa shape index (κ1) is 33.2. The van der Waals surface area contributed by atoms with Gasteiger partial charge >= 0.3 is 12.1 Å². The van der Waals surface area contributed by atoms with Crippen LogP contribution >= 0.6 is 0 Å². The highest BCUT2D eigenvalue weighted by Gasteiger charge is 2.29. The summed E-state index contributed by atoms with van der Waals surface area (Å²) in [7, 11) is 1.65. The number of nitrogens with two attached hydrogens (primary N) is 1. The fourth-order valence-electron chi connectivity index (χ4n) is 6.20. The number of amides is 2. The van der Waals surface area contributed by atoms with Crippen molar-refractivity contribution in [2.24, 2.45) is 5.92 Å². The lowest BCUT2D eigenvalue weighted by Crippen LogP contribution is -2.35. The van der Waals surface area contributed by atoms with E-state index in [9.17, 15) is 23.9 Å². The summed E-state index contributed by atoms with van der Waals surface area (Å²) in [6.07, 6.45) is 0.824. The Balaban J connectivity index is 1.60. The van der Waals surface area contributed by atoms with Gasteiger partial charge in [0.05, 0.1) is 18.7 Å². The third-order valence-electron chi connectivity index (χ3n) is 8.60. The van der Waals surface area contributed by atoms with Crippen molar-refractivity contribution < 1.29 is 28.6 Å². The molecule has 0 aliphatic carbocycles. The Hall–Kier alpha value is -5.19. The molecule has 0 saturated carbocycles. The zero-order chi connectivity index (χ0) is 34.0. The fraction of sp³-hybridized carbons (Fsp3) is 0.333. The number of likely N-dealkylation sites (N-methyl/N-ethyl adjacent to an activating group) is 1. The molecule has 0 saturated heterocycles. The van der Waals surface area contributed by atoms with Crippen molar-refractivity contribution in [3.05, 3.63) is 94.4 Å². The third kappa shape index (κ3) is 7.29. The van der Waals surface area contributed by atoms with Crippen molar-refractivity contribution in [1.82, 2.24) is 9.88 Å². The van der Waals surface area contributed by atoms with Gasteiger partial charge in [-0.25, -0.2) is 14.2 Å². The molecule has 4 aromatic rings. The Morgan fingerprint density at radius 2 is 1.91 bits per heavy atom. The van der Waals surface area contributed by atoms with Crippen LogP contribution in [-0.4, -0.2) is 46.6 Å². The zero-order valence-corrected chi connectivity index (χ0v) is 27.1. The number of pyridine rings is 1. The summed E-state index contributed by atoms with van der Waals surface area (Å²) < 4.78 is 20.3. The molecular weight excluding hydrogens is 601 g/mol. The minimum atomic E-state index is -0.973. The molecule has 3 aromatic carbocycles. The average molecular weight is 642 g/mol. The summed E-state index contributed by atoms with van der Waals surface area (Å²) in [5.41, 5.74) is 10.6. The van der Waals surface area contributed by atoms with Crippen molar-refractivity contribution in [2.75, 3.05) is 30.0 Å². The topological polar surface area (TPSA) is 147 Å². The van der Waals surface area contributed by atoms with Crippen LogP contribution < -0.4 is 16.4 Å². The first-order chi connectivity index (χ1) is 22.3. The molecule has 1 aromatic heterocycles. The highest BCUT2D eigenvalue weighted by Crippen LogP contribution is 2.33. The maximum absolute atomic E-state index is 14.8. The number of rotatable bonds is 6. The smallest absolute Gasteiger partial charge is 0.411 e. The lowest BCUT2D eigenvalue weighted by atomic mass is 9.87. The highest BCUT2D eigenvalue weighted by atomic mass is 19.1. The van der Waals surface area contributed by atoms with Gasteiger partial charge < -0.3 is 25.8 Å². The van der Waals surface area contributed by atoms with Gasteiger partial charge in [0.25, 0.3) is 0 Å². The van der Waals surface area contributed by atoms with E-state index in [1.807, 2.05) is 45.9 Å². The number of halogens is 1. The summed E-state index contributed by atoms with van der Waals surface area (Å²) >= 11 is 0. The molecule has 2 aliphatic rings. The molecule has 4 bridgehead atoms. The van der Waals surface area contributed by atoms with Gasteiger partial charge in [0.15, 0.2) is 0 Å². The van der Waals surface area contributed by atoms with E-state index in [-0.39, 0.29) is 42.1 Å². The second-order valence-corrected chi connectivity index (χ2v) is 12.7. The molecular formula is C36H40FN5O5. The number of anilines is 3. The summed E-state index contributed by atoms with van der Waals surface area (Å²) in [5.74, 6) is -2.47. The molecule has 3 atom stereocenters. The number of benzene rings is 3. The summed E-state index contributed by atoms with van der Waals surface area (Å²) in [4.78, 5) is 45.0. The van der Waals surface area contributed by atoms with Crippen LogP contribution in [0.5, 0.6) is 0 Å². The number of carboxylic acids is 1. The summed E-state index contributed by atoms with van der Waals surface area (Å²) in [6.45, 7) is 7.97. The van der Waals surface area contributed by atoms with E-state index in [4.69, 9.17) is 10.5 Å². The number of nitrogens with one attached hydrogen (secondary N) is 2. The Bertz CT molecular complexity index is 1840. The van der Waals surface area contributed by atoms with E-state index < -0.39 is 29.8 Å². The van der Waals surface area contributed by atoms with Gasteiger partial charge in [0.1, 0.15) is 17.7 Å². The number of carbonyl (C=O) groups is 3. The van der Waals surface area contributed by atoms with Gasteiger partial charge in [0.2, 0.25) is 5.91 Å². The van der Waals surface area contributed by atoms with Gasteiger partial charge in [-0.15, -0.1) is 0 Å². The zero-order valence-electron chi connectivity index (χ0n) is 27.1. The van der Waals surface area contributed by atoms with Gasteiger partial charge in [-0.1, -0.05) is 45.0 Å². The van der Waals surface area contributed by atoms with Gasteiger partial charge in [-0.2, -0.15) is 0 Å². The molecule has 0 radical (unpaired) electrons. The van der Waals surface area contributed by atoms with Crippen LogP contribution in [0, 0.1) is 18.7 Å². The Kier molecular flexibility index (Phi) is 9.64. The number of carboxylic acid groups (broad SMARTS) is 1. The number of aliphatic carboxylic acids is 1. The van der Waals surface area contributed by atoms with Crippen LogP contribution in [0.2, 0.25) is 0 Å². The summed E-state index contributed by atoms with van der Waals surface area (Å²) in [6, 6.07) is 14.8. The quantitative estimate of drug-likeness (QED) is 0.177. The van der Waals surface area contributed by atoms with Crippen molar-refractivity contribution in [1.29, 1.82) is 0 Å². The number of nitrogens with zero attached hydrogens (tertiary/aromatic N) is 2. The average Bonchev–Trinajstić information content (AvgIpc) is 3.02. The highest BCUT2D eigenvalue weighted by molar-refractivity contribution is 5.94. The molecule has 5 N–H and O–H groups in total. The predicted molar refractivity (Wildman–Crippen MR) is 180 cm³/mol. The number of hydrogen-bond acceptors (Lipinski definition) is 7. The van der Waals surface area contributed by atoms with Gasteiger partial charge in [0, 0.05) is 41.7 Å². The minimum absolute atomic E-state index is 0.0570. The third-order valence-corrected chi connectivity index (χ3v) is 8.60. The van der Waals surface area contributed by atoms with E-state index in [1.54, 1.807) is 43.4 Å². The largest absolute Gasteiger partial charge is 0.481 e. The van der Waals surface area contributed by atoms with E-state index in [0.29, 0.717) is 39.9 Å². The molecule has 0 fully saturated rings.